The molecule has 0 saturated heterocycles. The smallest absolute Gasteiger partial charge is 0.396 e. The highest BCUT2D eigenvalue weighted by molar-refractivity contribution is 6.32. The lowest BCUT2D eigenvalue weighted by atomic mass is 9.99. The maximum atomic E-state index is 11.7. The van der Waals surface area contributed by atoms with Crippen LogP contribution in [0, 0.1) is 5.92 Å². The molecule has 1 unspecified atom stereocenters. The van der Waals surface area contributed by atoms with Crippen molar-refractivity contribution in [1.82, 2.24) is 5.32 Å². The molecule has 0 aliphatic carbocycles. The molecule has 1 N–H and O–H groups in total. The van der Waals surface area contributed by atoms with Gasteiger partial charge in [-0.2, -0.15) is 0 Å². The minimum absolute atomic E-state index is 0.355. The summed E-state index contributed by atoms with van der Waals surface area (Å²) < 4.78 is 5.05. The van der Waals surface area contributed by atoms with Gasteiger partial charge < -0.3 is 10.1 Å². The van der Waals surface area contributed by atoms with Gasteiger partial charge in [-0.1, -0.05) is 85.0 Å². The van der Waals surface area contributed by atoms with Crippen molar-refractivity contribution in [2.45, 2.75) is 97.8 Å². The maximum absolute atomic E-state index is 11.7. The Hall–Kier alpha value is -1.06. The van der Waals surface area contributed by atoms with Gasteiger partial charge in [0, 0.05) is 6.54 Å². The summed E-state index contributed by atoms with van der Waals surface area (Å²) in [5.41, 5.74) is 0. The van der Waals surface area contributed by atoms with Gasteiger partial charge in [0.15, 0.2) is 0 Å². The fourth-order valence-corrected chi connectivity index (χ4v) is 2.72. The summed E-state index contributed by atoms with van der Waals surface area (Å²) in [4.78, 5) is 23.3. The van der Waals surface area contributed by atoms with Crippen molar-refractivity contribution in [3.8, 4) is 0 Å². The van der Waals surface area contributed by atoms with Gasteiger partial charge in [0.05, 0.1) is 6.61 Å². The molecule has 0 aliphatic heterocycles. The summed E-state index contributed by atoms with van der Waals surface area (Å²) in [5, 5.41) is 2.71. The second kappa shape index (κ2) is 16.8. The van der Waals surface area contributed by atoms with Crippen molar-refractivity contribution in [2.24, 2.45) is 5.92 Å². The zero-order valence-electron chi connectivity index (χ0n) is 16.2. The fourth-order valence-electron chi connectivity index (χ4n) is 2.72. The second-order valence-electron chi connectivity index (χ2n) is 6.74. The van der Waals surface area contributed by atoms with E-state index in [0.29, 0.717) is 19.1 Å². The Morgan fingerprint density at radius 2 is 1.42 bits per heavy atom. The van der Waals surface area contributed by atoms with E-state index in [1.54, 1.807) is 0 Å². The molecule has 1 amide bonds. The SMILES string of the molecule is CCCCCCCCCCOC(=O)C(=O)NCC(CC)CCCC. The molecule has 4 heteroatoms. The van der Waals surface area contributed by atoms with Gasteiger partial charge in [-0.15, -0.1) is 0 Å². The molecule has 24 heavy (non-hydrogen) atoms. The van der Waals surface area contributed by atoms with Gasteiger partial charge in [-0.25, -0.2) is 4.79 Å². The molecule has 0 rings (SSSR count). The predicted molar refractivity (Wildman–Crippen MR) is 99.9 cm³/mol. The van der Waals surface area contributed by atoms with Crippen LogP contribution in [-0.4, -0.2) is 25.0 Å². The van der Waals surface area contributed by atoms with Crippen LogP contribution < -0.4 is 5.32 Å². The molecule has 0 heterocycles. The molecule has 0 saturated carbocycles. The molecule has 0 aliphatic rings. The lowest BCUT2D eigenvalue weighted by molar-refractivity contribution is -0.155. The van der Waals surface area contributed by atoms with Crippen LogP contribution in [0.5, 0.6) is 0 Å². The molecule has 1 atom stereocenters. The van der Waals surface area contributed by atoms with E-state index in [9.17, 15) is 9.59 Å². The second-order valence-corrected chi connectivity index (χ2v) is 6.74. The third kappa shape index (κ3) is 13.4. The zero-order valence-corrected chi connectivity index (χ0v) is 16.2. The minimum Gasteiger partial charge on any atom is -0.459 e. The number of unbranched alkanes of at least 4 members (excludes halogenated alkanes) is 8. The van der Waals surface area contributed by atoms with E-state index in [4.69, 9.17) is 4.74 Å². The molecule has 0 fully saturated rings. The van der Waals surface area contributed by atoms with Gasteiger partial charge in [0.25, 0.3) is 0 Å². The van der Waals surface area contributed by atoms with Crippen LogP contribution in [0.4, 0.5) is 0 Å². The first kappa shape index (κ1) is 22.9. The number of nitrogens with one attached hydrogen (secondary N) is 1. The lowest BCUT2D eigenvalue weighted by Crippen LogP contribution is -2.36. The molecule has 4 nitrogen and oxygen atoms in total. The van der Waals surface area contributed by atoms with Crippen LogP contribution in [0.1, 0.15) is 97.8 Å². The van der Waals surface area contributed by atoms with Crippen LogP contribution >= 0.6 is 0 Å². The standard InChI is InChI=1S/C20H39NO3/c1-4-7-9-10-11-12-13-14-16-24-20(23)19(22)21-17-18(6-3)15-8-5-2/h18H,4-17H2,1-3H3,(H,21,22). The third-order valence-electron chi connectivity index (χ3n) is 4.51. The molecule has 0 aromatic rings. The number of hydrogen-bond donors (Lipinski definition) is 1. The Balaban J connectivity index is 3.60. The van der Waals surface area contributed by atoms with E-state index in [1.807, 2.05) is 0 Å². The van der Waals surface area contributed by atoms with Crippen LogP contribution in [0.15, 0.2) is 0 Å². The van der Waals surface area contributed by atoms with E-state index in [1.165, 1.54) is 38.5 Å². The van der Waals surface area contributed by atoms with Gasteiger partial charge in [-0.05, 0) is 18.8 Å². The number of amides is 1. The summed E-state index contributed by atoms with van der Waals surface area (Å²) in [6.07, 6.45) is 14.0. The first-order chi connectivity index (χ1) is 11.7. The fraction of sp³-hybridized carbons (Fsp3) is 0.900. The van der Waals surface area contributed by atoms with Crippen molar-refractivity contribution >= 4 is 11.9 Å². The highest BCUT2D eigenvalue weighted by Gasteiger charge is 2.16. The number of esters is 1. The van der Waals surface area contributed by atoms with E-state index >= 15 is 0 Å². The third-order valence-corrected chi connectivity index (χ3v) is 4.51. The van der Waals surface area contributed by atoms with Crippen LogP contribution in [-0.2, 0) is 14.3 Å². The Labute approximate surface area is 149 Å². The molecular formula is C20H39NO3. The number of rotatable bonds is 15. The Kier molecular flexibility index (Phi) is 16.0. The average molecular weight is 342 g/mol. The largest absolute Gasteiger partial charge is 0.459 e. The number of ether oxygens (including phenoxy) is 1. The molecule has 0 bridgehead atoms. The maximum Gasteiger partial charge on any atom is 0.396 e. The van der Waals surface area contributed by atoms with Crippen molar-refractivity contribution in [3.63, 3.8) is 0 Å². The van der Waals surface area contributed by atoms with Crippen LogP contribution in [0.25, 0.3) is 0 Å². The van der Waals surface area contributed by atoms with Gasteiger partial charge in [0.1, 0.15) is 0 Å². The van der Waals surface area contributed by atoms with E-state index in [2.05, 4.69) is 26.1 Å². The number of hydrogen-bond acceptors (Lipinski definition) is 3. The topological polar surface area (TPSA) is 55.4 Å². The van der Waals surface area contributed by atoms with Crippen molar-refractivity contribution < 1.29 is 14.3 Å². The number of carbonyl (C=O) groups is 2. The molecule has 0 spiro atoms. The monoisotopic (exact) mass is 341 g/mol. The first-order valence-corrected chi connectivity index (χ1v) is 10.1. The van der Waals surface area contributed by atoms with Crippen molar-refractivity contribution in [3.05, 3.63) is 0 Å². The normalized spacial score (nSPS) is 12.0. The highest BCUT2D eigenvalue weighted by atomic mass is 16.5. The Morgan fingerprint density at radius 3 is 2.00 bits per heavy atom. The van der Waals surface area contributed by atoms with E-state index < -0.39 is 11.9 Å². The highest BCUT2D eigenvalue weighted by Crippen LogP contribution is 2.11. The molecular weight excluding hydrogens is 302 g/mol. The first-order valence-electron chi connectivity index (χ1n) is 10.1. The number of carbonyl (C=O) groups excluding carboxylic acids is 2. The van der Waals surface area contributed by atoms with Crippen LogP contribution in [0.3, 0.4) is 0 Å². The zero-order chi connectivity index (χ0) is 18.0. The summed E-state index contributed by atoms with van der Waals surface area (Å²) in [6, 6.07) is 0. The average Bonchev–Trinajstić information content (AvgIpc) is 2.60. The molecule has 0 radical (unpaired) electrons. The lowest BCUT2D eigenvalue weighted by Gasteiger charge is -2.14. The Morgan fingerprint density at radius 1 is 0.833 bits per heavy atom. The Bertz CT molecular complexity index is 318. The van der Waals surface area contributed by atoms with Gasteiger partial charge in [0.2, 0.25) is 0 Å². The summed E-state index contributed by atoms with van der Waals surface area (Å²) in [7, 11) is 0. The predicted octanol–water partition coefficient (Wildman–Crippen LogP) is 5.00. The van der Waals surface area contributed by atoms with E-state index in [-0.39, 0.29) is 0 Å². The quantitative estimate of drug-likeness (QED) is 0.259. The summed E-state index contributed by atoms with van der Waals surface area (Å²) in [5.74, 6) is -0.873. The van der Waals surface area contributed by atoms with Crippen molar-refractivity contribution in [2.75, 3.05) is 13.2 Å². The van der Waals surface area contributed by atoms with E-state index in [0.717, 1.165) is 38.5 Å². The van der Waals surface area contributed by atoms with Crippen molar-refractivity contribution in [1.29, 1.82) is 0 Å². The summed E-state index contributed by atoms with van der Waals surface area (Å²) >= 11 is 0. The van der Waals surface area contributed by atoms with Gasteiger partial charge >= 0.3 is 11.9 Å². The molecule has 0 aromatic heterocycles. The minimum atomic E-state index is -0.733. The van der Waals surface area contributed by atoms with Gasteiger partial charge in [-0.3, -0.25) is 4.79 Å². The molecule has 142 valence electrons. The van der Waals surface area contributed by atoms with Crippen LogP contribution in [0.2, 0.25) is 0 Å². The summed E-state index contributed by atoms with van der Waals surface area (Å²) in [6.45, 7) is 7.43. The molecule has 0 aromatic carbocycles.